The maximum Gasteiger partial charge on any atom is 0.0900 e. The number of thiazole rings is 1. The molecule has 1 aromatic rings. The average Bonchev–Trinajstić information content (AvgIpc) is 2.41. The Morgan fingerprint density at radius 2 is 2.23 bits per heavy atom. The van der Waals surface area contributed by atoms with Gasteiger partial charge in [-0.05, 0) is 20.8 Å². The van der Waals surface area contributed by atoms with Gasteiger partial charge in [-0.2, -0.15) is 0 Å². The van der Waals surface area contributed by atoms with Gasteiger partial charge < -0.3 is 10.4 Å². The van der Waals surface area contributed by atoms with Gasteiger partial charge in [0.25, 0.3) is 0 Å². The van der Waals surface area contributed by atoms with Gasteiger partial charge in [-0.25, -0.2) is 4.98 Å². The fourth-order valence-corrected chi connectivity index (χ4v) is 1.96. The molecule has 0 spiro atoms. The van der Waals surface area contributed by atoms with Crippen LogP contribution in [0.5, 0.6) is 0 Å². The van der Waals surface area contributed by atoms with E-state index in [0.717, 1.165) is 17.2 Å². The second-order valence-corrected chi connectivity index (χ2v) is 4.49. The van der Waals surface area contributed by atoms with Crippen LogP contribution in [0, 0.1) is 13.8 Å². The first kappa shape index (κ1) is 10.6. The number of aromatic nitrogens is 1. The zero-order valence-electron chi connectivity index (χ0n) is 8.29. The molecular weight excluding hydrogens is 184 g/mol. The molecule has 0 aromatic carbocycles. The number of hydrogen-bond acceptors (Lipinski definition) is 4. The van der Waals surface area contributed by atoms with Crippen LogP contribution in [0.1, 0.15) is 22.5 Å². The lowest BCUT2D eigenvalue weighted by molar-refractivity contribution is 0.251. The van der Waals surface area contributed by atoms with E-state index in [1.165, 1.54) is 4.88 Å². The van der Waals surface area contributed by atoms with Crippen LogP contribution in [0.4, 0.5) is 0 Å². The van der Waals surface area contributed by atoms with Crippen LogP contribution in [0.15, 0.2) is 0 Å². The molecule has 0 aliphatic rings. The van der Waals surface area contributed by atoms with Crippen molar-refractivity contribution in [2.24, 2.45) is 0 Å². The van der Waals surface area contributed by atoms with Gasteiger partial charge in [0.1, 0.15) is 0 Å². The van der Waals surface area contributed by atoms with Crippen molar-refractivity contribution in [1.29, 1.82) is 0 Å². The fourth-order valence-electron chi connectivity index (χ4n) is 1.07. The third kappa shape index (κ3) is 3.06. The minimum Gasteiger partial charge on any atom is -0.395 e. The number of nitrogens with one attached hydrogen (secondary N) is 1. The Morgan fingerprint density at radius 1 is 1.54 bits per heavy atom. The number of aliphatic hydroxyl groups excluding tert-OH is 1. The summed E-state index contributed by atoms with van der Waals surface area (Å²) in [7, 11) is 0. The Balaban J connectivity index is 2.49. The van der Waals surface area contributed by atoms with Gasteiger partial charge in [-0.15, -0.1) is 11.3 Å². The number of aryl methyl sites for hydroxylation is 2. The van der Waals surface area contributed by atoms with E-state index in [1.807, 2.05) is 20.8 Å². The molecule has 4 heteroatoms. The van der Waals surface area contributed by atoms with E-state index < -0.39 is 0 Å². The van der Waals surface area contributed by atoms with E-state index in [9.17, 15) is 0 Å². The first-order valence-electron chi connectivity index (χ1n) is 4.40. The van der Waals surface area contributed by atoms with Crippen molar-refractivity contribution < 1.29 is 5.11 Å². The Morgan fingerprint density at radius 3 is 2.69 bits per heavy atom. The maximum absolute atomic E-state index is 8.81. The number of nitrogens with zero attached hydrogens (tertiary/aromatic N) is 1. The molecule has 3 nitrogen and oxygen atoms in total. The van der Waals surface area contributed by atoms with Crippen LogP contribution in [0.2, 0.25) is 0 Å². The molecule has 0 amide bonds. The van der Waals surface area contributed by atoms with Crippen LogP contribution in [0.3, 0.4) is 0 Å². The van der Waals surface area contributed by atoms with E-state index >= 15 is 0 Å². The average molecular weight is 200 g/mol. The second kappa shape index (κ2) is 4.69. The molecule has 0 saturated carbocycles. The smallest absolute Gasteiger partial charge is 0.0900 e. The predicted octanol–water partition coefficient (Wildman–Crippen LogP) is 1.23. The minimum absolute atomic E-state index is 0.154. The van der Waals surface area contributed by atoms with Crippen LogP contribution < -0.4 is 5.32 Å². The van der Waals surface area contributed by atoms with Crippen molar-refractivity contribution in [3.8, 4) is 0 Å². The highest BCUT2D eigenvalue weighted by Gasteiger charge is 2.05. The van der Waals surface area contributed by atoms with Crippen LogP contribution in [-0.2, 0) is 6.54 Å². The highest BCUT2D eigenvalue weighted by Crippen LogP contribution is 2.16. The Hall–Kier alpha value is -0.450. The van der Waals surface area contributed by atoms with E-state index in [2.05, 4.69) is 10.3 Å². The van der Waals surface area contributed by atoms with Crippen molar-refractivity contribution in [3.05, 3.63) is 15.6 Å². The topological polar surface area (TPSA) is 45.2 Å². The molecule has 2 N–H and O–H groups in total. The van der Waals surface area contributed by atoms with Crippen molar-refractivity contribution >= 4 is 11.3 Å². The molecule has 0 unspecified atom stereocenters. The zero-order chi connectivity index (χ0) is 9.84. The Bertz CT molecular complexity index is 273. The maximum atomic E-state index is 8.81. The molecule has 0 radical (unpaired) electrons. The summed E-state index contributed by atoms with van der Waals surface area (Å²) < 4.78 is 0. The lowest BCUT2D eigenvalue weighted by atomic mass is 10.3. The Kier molecular flexibility index (Phi) is 3.84. The number of aliphatic hydroxyl groups is 1. The fraction of sp³-hybridized carbons (Fsp3) is 0.667. The van der Waals surface area contributed by atoms with E-state index in [-0.39, 0.29) is 12.6 Å². The van der Waals surface area contributed by atoms with Gasteiger partial charge in [0.2, 0.25) is 0 Å². The summed E-state index contributed by atoms with van der Waals surface area (Å²) in [5.41, 5.74) is 1.10. The summed E-state index contributed by atoms with van der Waals surface area (Å²) in [4.78, 5) is 5.59. The third-order valence-corrected chi connectivity index (χ3v) is 2.96. The van der Waals surface area contributed by atoms with Crippen molar-refractivity contribution in [2.45, 2.75) is 33.4 Å². The molecule has 0 aliphatic heterocycles. The van der Waals surface area contributed by atoms with Crippen molar-refractivity contribution in [2.75, 3.05) is 6.61 Å². The van der Waals surface area contributed by atoms with E-state index in [1.54, 1.807) is 11.3 Å². The standard InChI is InChI=1S/C9H16N2OS/c1-6(5-12)10-4-9-7(2)11-8(3)13-9/h6,10,12H,4-5H2,1-3H3/t6-/m0/s1. The minimum atomic E-state index is 0.154. The molecule has 1 aromatic heterocycles. The summed E-state index contributed by atoms with van der Waals surface area (Å²) in [6.45, 7) is 6.97. The summed E-state index contributed by atoms with van der Waals surface area (Å²) in [6, 6.07) is 0.154. The molecule has 1 heterocycles. The highest BCUT2D eigenvalue weighted by molar-refractivity contribution is 7.11. The molecular formula is C9H16N2OS. The number of hydrogen-bond donors (Lipinski definition) is 2. The van der Waals surface area contributed by atoms with Crippen LogP contribution >= 0.6 is 11.3 Å². The summed E-state index contributed by atoms with van der Waals surface area (Å²) >= 11 is 1.71. The van der Waals surface area contributed by atoms with E-state index in [0.29, 0.717) is 0 Å². The first-order chi connectivity index (χ1) is 6.13. The molecule has 1 atom stereocenters. The van der Waals surface area contributed by atoms with Crippen LogP contribution in [-0.4, -0.2) is 22.7 Å². The predicted molar refractivity (Wildman–Crippen MR) is 55.0 cm³/mol. The van der Waals surface area contributed by atoms with Crippen molar-refractivity contribution in [1.82, 2.24) is 10.3 Å². The molecule has 0 fully saturated rings. The van der Waals surface area contributed by atoms with E-state index in [4.69, 9.17) is 5.11 Å². The highest BCUT2D eigenvalue weighted by atomic mass is 32.1. The zero-order valence-corrected chi connectivity index (χ0v) is 9.11. The molecule has 0 bridgehead atoms. The van der Waals surface area contributed by atoms with Crippen molar-refractivity contribution in [3.63, 3.8) is 0 Å². The normalized spacial score (nSPS) is 13.2. The van der Waals surface area contributed by atoms with Gasteiger partial charge in [-0.3, -0.25) is 0 Å². The summed E-state index contributed by atoms with van der Waals surface area (Å²) in [6.07, 6.45) is 0. The van der Waals surface area contributed by atoms with Gasteiger partial charge in [0, 0.05) is 17.5 Å². The van der Waals surface area contributed by atoms with Crippen LogP contribution in [0.25, 0.3) is 0 Å². The largest absolute Gasteiger partial charge is 0.395 e. The lowest BCUT2D eigenvalue weighted by Gasteiger charge is -2.08. The molecule has 0 aliphatic carbocycles. The molecule has 13 heavy (non-hydrogen) atoms. The molecule has 74 valence electrons. The van der Waals surface area contributed by atoms with Gasteiger partial charge >= 0.3 is 0 Å². The Labute approximate surface area is 82.8 Å². The molecule has 0 saturated heterocycles. The van der Waals surface area contributed by atoms with Gasteiger partial charge in [0.05, 0.1) is 17.3 Å². The number of rotatable bonds is 4. The third-order valence-electron chi connectivity index (χ3n) is 1.88. The quantitative estimate of drug-likeness (QED) is 0.768. The SMILES string of the molecule is Cc1nc(C)c(CN[C@@H](C)CO)s1. The molecule has 1 rings (SSSR count). The summed E-state index contributed by atoms with van der Waals surface area (Å²) in [5, 5.41) is 13.1. The second-order valence-electron chi connectivity index (χ2n) is 3.21. The monoisotopic (exact) mass is 200 g/mol. The van der Waals surface area contributed by atoms with Gasteiger partial charge in [-0.1, -0.05) is 0 Å². The summed E-state index contributed by atoms with van der Waals surface area (Å²) in [5.74, 6) is 0. The van der Waals surface area contributed by atoms with Gasteiger partial charge in [0.15, 0.2) is 0 Å². The first-order valence-corrected chi connectivity index (χ1v) is 5.22. The lowest BCUT2D eigenvalue weighted by Crippen LogP contribution is -2.28.